The molecule has 0 amide bonds. The Balaban J connectivity index is 2.22. The standard InChI is InChI=1S/C27H36F3N2O5S/c1-32(2,3)14-5-6-25(34)37-26(22(17-28)16-24(33)27(29)30)20-9-7-19(8-10-20)21-11-12-23(31-18-21)13-15-38(4,35)36/h7-12,18,22,26-27H,5-6,13-17H2,1-4H3/q+1/t22-,26-/m1/s1. The van der Waals surface area contributed by atoms with E-state index in [1.165, 1.54) is 0 Å². The molecule has 0 aliphatic heterocycles. The number of aryl methyl sites for hydroxylation is 1. The SMILES string of the molecule is C[N+](C)(C)CCCC(=O)O[C@H](c1ccc(-c2ccc(CCS(C)(=O)=O)nc2)cc1)[C@@H](CF)CC(=O)C(F)F. The van der Waals surface area contributed by atoms with Crippen LogP contribution in [0.25, 0.3) is 11.1 Å². The van der Waals surface area contributed by atoms with Gasteiger partial charge in [-0.3, -0.25) is 19.0 Å². The molecule has 0 fully saturated rings. The number of nitrogens with zero attached hydrogens (tertiary/aromatic N) is 2. The number of alkyl halides is 3. The second-order valence-corrected chi connectivity index (χ2v) is 12.7. The largest absolute Gasteiger partial charge is 0.457 e. The van der Waals surface area contributed by atoms with Crippen LogP contribution >= 0.6 is 0 Å². The predicted molar refractivity (Wildman–Crippen MR) is 139 cm³/mol. The molecular formula is C27H36F3N2O5S+. The number of Topliss-reactive ketones (excluding diaryl/α,β-unsaturated/α-hetero) is 1. The molecule has 7 nitrogen and oxygen atoms in total. The first kappa shape index (κ1) is 31.4. The van der Waals surface area contributed by atoms with Gasteiger partial charge in [-0.15, -0.1) is 0 Å². The molecule has 0 saturated carbocycles. The zero-order valence-electron chi connectivity index (χ0n) is 22.2. The molecule has 0 spiro atoms. The van der Waals surface area contributed by atoms with Crippen LogP contribution in [0.15, 0.2) is 42.6 Å². The molecule has 11 heteroatoms. The number of pyridine rings is 1. The number of hydrogen-bond acceptors (Lipinski definition) is 6. The van der Waals surface area contributed by atoms with Gasteiger partial charge in [0, 0.05) is 48.9 Å². The van der Waals surface area contributed by atoms with Crippen LogP contribution in [0.1, 0.15) is 36.6 Å². The normalized spacial score (nSPS) is 13.8. The fourth-order valence-electron chi connectivity index (χ4n) is 3.82. The smallest absolute Gasteiger partial charge is 0.306 e. The van der Waals surface area contributed by atoms with Crippen molar-refractivity contribution in [1.82, 2.24) is 4.98 Å². The zero-order chi connectivity index (χ0) is 28.5. The van der Waals surface area contributed by atoms with Gasteiger partial charge in [-0.05, 0) is 17.2 Å². The maximum atomic E-state index is 14.0. The minimum atomic E-state index is -3.24. The Morgan fingerprint density at radius 1 is 1.03 bits per heavy atom. The average Bonchev–Trinajstić information content (AvgIpc) is 2.84. The lowest BCUT2D eigenvalue weighted by Crippen LogP contribution is -2.35. The maximum Gasteiger partial charge on any atom is 0.306 e. The van der Waals surface area contributed by atoms with E-state index in [1.807, 2.05) is 21.1 Å². The first-order chi connectivity index (χ1) is 17.7. The van der Waals surface area contributed by atoms with Crippen molar-refractivity contribution in [3.8, 4) is 11.1 Å². The minimum absolute atomic E-state index is 0.00666. The highest BCUT2D eigenvalue weighted by Crippen LogP contribution is 2.32. The van der Waals surface area contributed by atoms with Crippen molar-refractivity contribution in [1.29, 1.82) is 0 Å². The first-order valence-corrected chi connectivity index (χ1v) is 14.3. The summed E-state index contributed by atoms with van der Waals surface area (Å²) in [5.74, 6) is -3.25. The Morgan fingerprint density at radius 2 is 1.66 bits per heavy atom. The van der Waals surface area contributed by atoms with Gasteiger partial charge < -0.3 is 9.22 Å². The van der Waals surface area contributed by atoms with Crippen LogP contribution in [0, 0.1) is 5.92 Å². The van der Waals surface area contributed by atoms with Crippen molar-refractivity contribution in [2.45, 2.75) is 38.2 Å². The number of ketones is 1. The third-order valence-corrected chi connectivity index (χ3v) is 6.87. The summed E-state index contributed by atoms with van der Waals surface area (Å²) in [4.78, 5) is 28.5. The molecule has 38 heavy (non-hydrogen) atoms. The molecule has 0 bridgehead atoms. The second-order valence-electron chi connectivity index (χ2n) is 10.5. The van der Waals surface area contributed by atoms with Crippen LogP contribution in [0.4, 0.5) is 13.2 Å². The lowest BCUT2D eigenvalue weighted by Gasteiger charge is -2.26. The number of esters is 1. The number of carbonyl (C=O) groups excluding carboxylic acids is 2. The van der Waals surface area contributed by atoms with E-state index in [4.69, 9.17) is 4.74 Å². The summed E-state index contributed by atoms with van der Waals surface area (Å²) in [6, 6.07) is 10.1. The highest BCUT2D eigenvalue weighted by molar-refractivity contribution is 7.90. The molecule has 2 aromatic rings. The summed E-state index contributed by atoms with van der Waals surface area (Å²) >= 11 is 0. The highest BCUT2D eigenvalue weighted by Gasteiger charge is 2.31. The van der Waals surface area contributed by atoms with Crippen molar-refractivity contribution >= 4 is 21.6 Å². The molecule has 2 atom stereocenters. The molecule has 0 radical (unpaired) electrons. The summed E-state index contributed by atoms with van der Waals surface area (Å²) < 4.78 is 68.7. The van der Waals surface area contributed by atoms with Crippen LogP contribution in [0.2, 0.25) is 0 Å². The number of carbonyl (C=O) groups is 2. The fourth-order valence-corrected chi connectivity index (χ4v) is 4.40. The monoisotopic (exact) mass is 557 g/mol. The van der Waals surface area contributed by atoms with Gasteiger partial charge in [0.25, 0.3) is 6.43 Å². The molecule has 0 saturated heterocycles. The number of quaternary nitrogens is 1. The van der Waals surface area contributed by atoms with Gasteiger partial charge >= 0.3 is 5.97 Å². The van der Waals surface area contributed by atoms with Gasteiger partial charge in [0.2, 0.25) is 0 Å². The van der Waals surface area contributed by atoms with Crippen LogP contribution in [0.3, 0.4) is 0 Å². The van der Waals surface area contributed by atoms with Crippen LogP contribution in [-0.2, 0) is 30.6 Å². The van der Waals surface area contributed by atoms with Crippen molar-refractivity contribution in [2.75, 3.05) is 46.4 Å². The van der Waals surface area contributed by atoms with Gasteiger partial charge in [-0.2, -0.15) is 0 Å². The highest BCUT2D eigenvalue weighted by atomic mass is 32.2. The van der Waals surface area contributed by atoms with E-state index >= 15 is 0 Å². The molecule has 0 N–H and O–H groups in total. The third kappa shape index (κ3) is 10.9. The van der Waals surface area contributed by atoms with E-state index < -0.39 is 53.1 Å². The van der Waals surface area contributed by atoms with Gasteiger partial charge in [0.05, 0.1) is 46.5 Å². The third-order valence-electron chi connectivity index (χ3n) is 5.93. The van der Waals surface area contributed by atoms with Crippen molar-refractivity contribution in [3.63, 3.8) is 0 Å². The van der Waals surface area contributed by atoms with E-state index in [2.05, 4.69) is 4.98 Å². The van der Waals surface area contributed by atoms with Gasteiger partial charge in [0.1, 0.15) is 15.9 Å². The van der Waals surface area contributed by atoms with E-state index in [0.29, 0.717) is 35.1 Å². The number of ether oxygens (including phenoxy) is 1. The van der Waals surface area contributed by atoms with Crippen LogP contribution in [0.5, 0.6) is 0 Å². The predicted octanol–water partition coefficient (Wildman–Crippen LogP) is 4.22. The zero-order valence-corrected chi connectivity index (χ0v) is 23.0. The molecule has 1 heterocycles. The van der Waals surface area contributed by atoms with Crippen molar-refractivity contribution in [2.24, 2.45) is 5.92 Å². The quantitative estimate of drug-likeness (QED) is 0.241. The molecule has 1 aromatic heterocycles. The van der Waals surface area contributed by atoms with E-state index in [9.17, 15) is 31.2 Å². The second kappa shape index (κ2) is 13.8. The molecule has 0 aliphatic rings. The van der Waals surface area contributed by atoms with Gasteiger partial charge in [-0.25, -0.2) is 17.2 Å². The lowest BCUT2D eigenvalue weighted by atomic mass is 9.91. The fraction of sp³-hybridized carbons (Fsp3) is 0.519. The Morgan fingerprint density at radius 3 is 2.16 bits per heavy atom. The van der Waals surface area contributed by atoms with E-state index in [0.717, 1.165) is 17.4 Å². The molecule has 0 aliphatic carbocycles. The molecule has 210 valence electrons. The van der Waals surface area contributed by atoms with Gasteiger partial charge in [0.15, 0.2) is 5.78 Å². The molecular weight excluding hydrogens is 521 g/mol. The number of benzene rings is 1. The van der Waals surface area contributed by atoms with Crippen LogP contribution in [-0.4, -0.2) is 82.4 Å². The minimum Gasteiger partial charge on any atom is -0.457 e. The number of hydrogen-bond donors (Lipinski definition) is 0. The summed E-state index contributed by atoms with van der Waals surface area (Å²) in [5.41, 5.74) is 2.49. The number of halogens is 3. The molecule has 0 unspecified atom stereocenters. The Labute approximate surface area is 222 Å². The lowest BCUT2D eigenvalue weighted by molar-refractivity contribution is -0.870. The summed E-state index contributed by atoms with van der Waals surface area (Å²) in [7, 11) is 2.82. The van der Waals surface area contributed by atoms with Gasteiger partial charge in [-0.1, -0.05) is 30.3 Å². The van der Waals surface area contributed by atoms with Crippen molar-refractivity contribution in [3.05, 3.63) is 53.9 Å². The Kier molecular flexibility index (Phi) is 11.4. The molecule has 2 rings (SSSR count). The summed E-state index contributed by atoms with van der Waals surface area (Å²) in [6.07, 6.45) is -1.54. The van der Waals surface area contributed by atoms with E-state index in [1.54, 1.807) is 42.6 Å². The Hall–Kier alpha value is -2.79. The topological polar surface area (TPSA) is 90.4 Å². The Bertz CT molecular complexity index is 1160. The van der Waals surface area contributed by atoms with Crippen molar-refractivity contribution < 1.29 is 40.4 Å². The molecule has 1 aromatic carbocycles. The van der Waals surface area contributed by atoms with Crippen LogP contribution < -0.4 is 0 Å². The number of sulfone groups is 1. The van der Waals surface area contributed by atoms with E-state index in [-0.39, 0.29) is 12.2 Å². The average molecular weight is 558 g/mol. The summed E-state index contributed by atoms with van der Waals surface area (Å²) in [6.45, 7) is -0.415. The number of aromatic nitrogens is 1. The summed E-state index contributed by atoms with van der Waals surface area (Å²) in [5, 5.41) is 0. The number of rotatable bonds is 15. The maximum absolute atomic E-state index is 14.0. The first-order valence-electron chi connectivity index (χ1n) is 12.3.